The van der Waals surface area contributed by atoms with E-state index in [4.69, 9.17) is 4.99 Å². The molecule has 0 bridgehead atoms. The highest BCUT2D eigenvalue weighted by Gasteiger charge is 2.36. The summed E-state index contributed by atoms with van der Waals surface area (Å²) in [5, 5.41) is 4.78. The van der Waals surface area contributed by atoms with Crippen LogP contribution in [0.25, 0.3) is 0 Å². The third-order valence-corrected chi connectivity index (χ3v) is 5.59. The molecule has 110 valence electrons. The Morgan fingerprint density at radius 1 is 1.37 bits per heavy atom. The molecule has 19 heavy (non-hydrogen) atoms. The Labute approximate surface area is 122 Å². The van der Waals surface area contributed by atoms with Crippen LogP contribution in [0.1, 0.15) is 46.0 Å². The van der Waals surface area contributed by atoms with E-state index < -0.39 is 0 Å². The first-order valence-electron chi connectivity index (χ1n) is 7.63. The van der Waals surface area contributed by atoms with Crippen LogP contribution in [0.2, 0.25) is 0 Å². The summed E-state index contributed by atoms with van der Waals surface area (Å²) in [6, 6.07) is 0.627. The number of amidine groups is 1. The SMILES string of the molecule is CC(C)CC1CSC(=NCC2(N(C)C)CCCC2)N1. The maximum atomic E-state index is 4.88. The van der Waals surface area contributed by atoms with Gasteiger partial charge in [0.15, 0.2) is 5.17 Å². The van der Waals surface area contributed by atoms with Gasteiger partial charge in [-0.2, -0.15) is 0 Å². The molecule has 1 unspecified atom stereocenters. The highest BCUT2D eigenvalue weighted by Crippen LogP contribution is 2.34. The minimum Gasteiger partial charge on any atom is -0.361 e. The number of nitrogens with zero attached hydrogens (tertiary/aromatic N) is 2. The molecule has 2 rings (SSSR count). The molecule has 1 saturated carbocycles. The summed E-state index contributed by atoms with van der Waals surface area (Å²) in [4.78, 5) is 7.28. The van der Waals surface area contributed by atoms with Gasteiger partial charge in [0.2, 0.25) is 0 Å². The van der Waals surface area contributed by atoms with Crippen LogP contribution in [0.4, 0.5) is 0 Å². The maximum Gasteiger partial charge on any atom is 0.156 e. The van der Waals surface area contributed by atoms with E-state index in [0.717, 1.165) is 12.5 Å². The fourth-order valence-corrected chi connectivity index (χ4v) is 4.21. The molecule has 0 aromatic carbocycles. The van der Waals surface area contributed by atoms with Gasteiger partial charge in [-0.15, -0.1) is 0 Å². The normalized spacial score (nSPS) is 28.5. The molecule has 3 nitrogen and oxygen atoms in total. The highest BCUT2D eigenvalue weighted by atomic mass is 32.2. The minimum absolute atomic E-state index is 0.325. The zero-order valence-corrected chi connectivity index (χ0v) is 13.7. The zero-order chi connectivity index (χ0) is 13.9. The molecule has 0 aromatic heterocycles. The zero-order valence-electron chi connectivity index (χ0n) is 12.9. The summed E-state index contributed by atoms with van der Waals surface area (Å²) in [5.41, 5.74) is 0.325. The van der Waals surface area contributed by atoms with E-state index in [1.165, 1.54) is 43.0 Å². The first-order valence-corrected chi connectivity index (χ1v) is 8.62. The number of rotatable bonds is 5. The molecular formula is C15H29N3S. The Hall–Kier alpha value is -0.220. The summed E-state index contributed by atoms with van der Waals surface area (Å²) < 4.78 is 0. The standard InChI is InChI=1S/C15H29N3S/c1-12(2)9-13-10-19-14(17-13)16-11-15(18(3)4)7-5-6-8-15/h12-13H,5-11H2,1-4H3,(H,16,17). The van der Waals surface area contributed by atoms with Gasteiger partial charge in [-0.05, 0) is 39.3 Å². The molecule has 1 atom stereocenters. The minimum atomic E-state index is 0.325. The Balaban J connectivity index is 1.88. The lowest BCUT2D eigenvalue weighted by molar-refractivity contribution is 0.167. The van der Waals surface area contributed by atoms with Crippen LogP contribution in [-0.2, 0) is 0 Å². The number of hydrogen-bond acceptors (Lipinski definition) is 3. The topological polar surface area (TPSA) is 27.6 Å². The van der Waals surface area contributed by atoms with Gasteiger partial charge in [-0.1, -0.05) is 38.5 Å². The summed E-state index contributed by atoms with van der Waals surface area (Å²) in [6.45, 7) is 5.55. The van der Waals surface area contributed by atoms with Gasteiger partial charge in [0.05, 0.1) is 6.54 Å². The highest BCUT2D eigenvalue weighted by molar-refractivity contribution is 8.14. The van der Waals surface area contributed by atoms with E-state index in [0.29, 0.717) is 11.6 Å². The van der Waals surface area contributed by atoms with Crippen LogP contribution in [0.5, 0.6) is 0 Å². The van der Waals surface area contributed by atoms with Crippen LogP contribution < -0.4 is 5.32 Å². The molecule has 0 amide bonds. The second-order valence-electron chi connectivity index (χ2n) is 6.73. The summed E-state index contributed by atoms with van der Waals surface area (Å²) in [7, 11) is 4.42. The van der Waals surface area contributed by atoms with Gasteiger partial charge in [0.1, 0.15) is 0 Å². The Morgan fingerprint density at radius 3 is 2.63 bits per heavy atom. The van der Waals surface area contributed by atoms with Crippen molar-refractivity contribution in [1.29, 1.82) is 0 Å². The largest absolute Gasteiger partial charge is 0.361 e. The second kappa shape index (κ2) is 6.49. The third-order valence-electron chi connectivity index (χ3n) is 4.50. The third kappa shape index (κ3) is 3.88. The Morgan fingerprint density at radius 2 is 2.05 bits per heavy atom. The molecule has 2 fully saturated rings. The van der Waals surface area contributed by atoms with E-state index in [1.807, 2.05) is 11.8 Å². The average Bonchev–Trinajstić information content (AvgIpc) is 2.95. The lowest BCUT2D eigenvalue weighted by atomic mass is 9.96. The van der Waals surface area contributed by atoms with Crippen LogP contribution in [0.15, 0.2) is 4.99 Å². The lowest BCUT2D eigenvalue weighted by Crippen LogP contribution is -2.44. The molecule has 2 aliphatic rings. The van der Waals surface area contributed by atoms with Crippen LogP contribution in [0, 0.1) is 5.92 Å². The number of likely N-dealkylation sites (N-methyl/N-ethyl adjacent to an activating group) is 1. The molecule has 0 radical (unpaired) electrons. The van der Waals surface area contributed by atoms with E-state index >= 15 is 0 Å². The molecule has 1 heterocycles. The maximum absolute atomic E-state index is 4.88. The Bertz CT molecular complexity index is 319. The van der Waals surface area contributed by atoms with Gasteiger partial charge in [0, 0.05) is 17.3 Å². The van der Waals surface area contributed by atoms with Crippen molar-refractivity contribution in [3.05, 3.63) is 0 Å². The quantitative estimate of drug-likeness (QED) is 0.840. The van der Waals surface area contributed by atoms with Gasteiger partial charge >= 0.3 is 0 Å². The van der Waals surface area contributed by atoms with Crippen molar-refractivity contribution in [2.24, 2.45) is 10.9 Å². The van der Waals surface area contributed by atoms with Crippen molar-refractivity contribution in [2.75, 3.05) is 26.4 Å². The van der Waals surface area contributed by atoms with E-state index in [-0.39, 0.29) is 0 Å². The molecule has 0 aromatic rings. The predicted octanol–water partition coefficient (Wildman–Crippen LogP) is 2.97. The molecule has 1 aliphatic heterocycles. The summed E-state index contributed by atoms with van der Waals surface area (Å²) in [6.07, 6.45) is 6.58. The molecule has 4 heteroatoms. The van der Waals surface area contributed by atoms with Gasteiger partial charge in [-0.25, -0.2) is 0 Å². The summed E-state index contributed by atoms with van der Waals surface area (Å²) >= 11 is 1.91. The van der Waals surface area contributed by atoms with Crippen molar-refractivity contribution >= 4 is 16.9 Å². The number of thioether (sulfide) groups is 1. The van der Waals surface area contributed by atoms with Gasteiger partial charge in [-0.3, -0.25) is 4.99 Å². The van der Waals surface area contributed by atoms with Crippen LogP contribution in [0.3, 0.4) is 0 Å². The van der Waals surface area contributed by atoms with Crippen LogP contribution >= 0.6 is 11.8 Å². The number of nitrogens with one attached hydrogen (secondary N) is 1. The first kappa shape index (κ1) is 15.2. The fraction of sp³-hybridized carbons (Fsp3) is 0.933. The van der Waals surface area contributed by atoms with Crippen molar-refractivity contribution < 1.29 is 0 Å². The van der Waals surface area contributed by atoms with Crippen molar-refractivity contribution in [1.82, 2.24) is 10.2 Å². The van der Waals surface area contributed by atoms with Gasteiger partial charge in [0.25, 0.3) is 0 Å². The first-order chi connectivity index (χ1) is 9.02. The van der Waals surface area contributed by atoms with Crippen molar-refractivity contribution in [3.63, 3.8) is 0 Å². The second-order valence-corrected chi connectivity index (χ2v) is 7.74. The monoisotopic (exact) mass is 283 g/mol. The Kier molecular flexibility index (Phi) is 5.18. The average molecular weight is 283 g/mol. The van der Waals surface area contributed by atoms with Crippen molar-refractivity contribution in [2.45, 2.75) is 57.5 Å². The molecule has 0 spiro atoms. The van der Waals surface area contributed by atoms with Gasteiger partial charge < -0.3 is 10.2 Å². The summed E-state index contributed by atoms with van der Waals surface area (Å²) in [5.74, 6) is 1.95. The van der Waals surface area contributed by atoms with E-state index in [1.54, 1.807) is 0 Å². The molecular weight excluding hydrogens is 254 g/mol. The molecule has 1 aliphatic carbocycles. The molecule has 1 N–H and O–H groups in total. The lowest BCUT2D eigenvalue weighted by Gasteiger charge is -2.34. The number of hydrogen-bond donors (Lipinski definition) is 1. The molecule has 1 saturated heterocycles. The van der Waals surface area contributed by atoms with Crippen LogP contribution in [-0.4, -0.2) is 48.0 Å². The van der Waals surface area contributed by atoms with E-state index in [2.05, 4.69) is 38.2 Å². The smallest absolute Gasteiger partial charge is 0.156 e. The predicted molar refractivity (Wildman–Crippen MR) is 86.0 cm³/mol. The fourth-order valence-electron chi connectivity index (χ4n) is 3.22. The van der Waals surface area contributed by atoms with E-state index in [9.17, 15) is 0 Å². The van der Waals surface area contributed by atoms with Crippen molar-refractivity contribution in [3.8, 4) is 0 Å². The number of aliphatic imine (C=N–C) groups is 1.